The first-order chi connectivity index (χ1) is 7.67. The summed E-state index contributed by atoms with van der Waals surface area (Å²) in [6.45, 7) is 0. The summed E-state index contributed by atoms with van der Waals surface area (Å²) >= 11 is 9.32. The molecule has 0 unspecified atom stereocenters. The smallest absolute Gasteiger partial charge is 0.129 e. The van der Waals surface area contributed by atoms with Gasteiger partial charge in [0, 0.05) is 9.51 Å². The van der Waals surface area contributed by atoms with Crippen molar-refractivity contribution in [3.8, 4) is 12.1 Å². The van der Waals surface area contributed by atoms with Gasteiger partial charge in [-0.2, -0.15) is 10.5 Å². The van der Waals surface area contributed by atoms with Gasteiger partial charge in [0.2, 0.25) is 0 Å². The zero-order chi connectivity index (χ0) is 12.0. The van der Waals surface area contributed by atoms with Crippen LogP contribution in [-0.4, -0.2) is 0 Å². The monoisotopic (exact) mass is 292 g/mol. The van der Waals surface area contributed by atoms with E-state index in [4.69, 9.17) is 22.1 Å². The topological polar surface area (TPSA) is 47.6 Å². The highest BCUT2D eigenvalue weighted by molar-refractivity contribution is 9.10. The van der Waals surface area contributed by atoms with Gasteiger partial charge >= 0.3 is 0 Å². The fourth-order valence-electron chi connectivity index (χ4n) is 0.961. The van der Waals surface area contributed by atoms with Crippen molar-refractivity contribution in [2.45, 2.75) is 0 Å². The summed E-state index contributed by atoms with van der Waals surface area (Å²) in [5, 5.41) is 17.5. The molecule has 1 aromatic carbocycles. The van der Waals surface area contributed by atoms with Gasteiger partial charge < -0.3 is 0 Å². The molecule has 4 heteroatoms. The molecule has 0 amide bonds. The lowest BCUT2D eigenvalue weighted by Gasteiger charge is -1.97. The van der Waals surface area contributed by atoms with Crippen LogP contribution >= 0.6 is 27.5 Å². The van der Waals surface area contributed by atoms with E-state index in [1.165, 1.54) is 12.2 Å². The van der Waals surface area contributed by atoms with E-state index < -0.39 is 0 Å². The predicted octanol–water partition coefficient (Wildman–Crippen LogP) is 4.00. The third kappa shape index (κ3) is 3.55. The quantitative estimate of drug-likeness (QED) is 0.611. The van der Waals surface area contributed by atoms with E-state index in [2.05, 4.69) is 15.9 Å². The van der Waals surface area contributed by atoms with Crippen molar-refractivity contribution in [1.82, 2.24) is 0 Å². The summed E-state index contributed by atoms with van der Waals surface area (Å²) in [5.41, 5.74) is 0.853. The molecule has 1 rings (SSSR count). The van der Waals surface area contributed by atoms with Gasteiger partial charge in [-0.1, -0.05) is 39.7 Å². The van der Waals surface area contributed by atoms with Crippen molar-refractivity contribution in [3.63, 3.8) is 0 Å². The molecule has 0 bridgehead atoms. The predicted molar refractivity (Wildman–Crippen MR) is 67.3 cm³/mol. The summed E-state index contributed by atoms with van der Waals surface area (Å²) in [7, 11) is 0. The molecule has 1 aromatic rings. The Morgan fingerprint density at radius 2 is 1.69 bits per heavy atom. The van der Waals surface area contributed by atoms with E-state index in [1.807, 2.05) is 24.3 Å². The highest BCUT2D eigenvalue weighted by Gasteiger charge is 1.97. The molecule has 78 valence electrons. The highest BCUT2D eigenvalue weighted by atomic mass is 79.9. The van der Waals surface area contributed by atoms with Gasteiger partial charge in [-0.05, 0) is 29.8 Å². The Balaban J connectivity index is 2.96. The molecule has 0 saturated carbocycles. The zero-order valence-electron chi connectivity index (χ0n) is 8.11. The molecular formula is C12H6BrClN2. The Morgan fingerprint density at radius 3 is 2.19 bits per heavy atom. The Kier molecular flexibility index (Phi) is 4.79. The van der Waals surface area contributed by atoms with E-state index in [0.29, 0.717) is 5.03 Å². The largest absolute Gasteiger partial charge is 0.192 e. The van der Waals surface area contributed by atoms with Crippen molar-refractivity contribution in [2.75, 3.05) is 0 Å². The standard InChI is InChI=1S/C12H6BrClN2/c13-11-4-2-10(3-5-11)12(14)6-1-9(7-15)8-16/h1-6H/b12-6+. The van der Waals surface area contributed by atoms with Crippen LogP contribution in [0, 0.1) is 22.7 Å². The van der Waals surface area contributed by atoms with Crippen LogP contribution in [-0.2, 0) is 0 Å². The van der Waals surface area contributed by atoms with Gasteiger partial charge in [-0.15, -0.1) is 0 Å². The zero-order valence-corrected chi connectivity index (χ0v) is 10.5. The van der Waals surface area contributed by atoms with E-state index in [9.17, 15) is 0 Å². The first-order valence-corrected chi connectivity index (χ1v) is 5.48. The molecule has 0 aliphatic carbocycles. The summed E-state index contributed by atoms with van der Waals surface area (Å²) in [4.78, 5) is 0. The van der Waals surface area contributed by atoms with Crippen molar-refractivity contribution in [3.05, 3.63) is 52.0 Å². The molecule has 0 radical (unpaired) electrons. The number of hydrogen-bond donors (Lipinski definition) is 0. The van der Waals surface area contributed by atoms with Crippen LogP contribution in [0.3, 0.4) is 0 Å². The molecule has 2 nitrogen and oxygen atoms in total. The maximum Gasteiger partial charge on any atom is 0.129 e. The first kappa shape index (κ1) is 12.5. The Hall–Kier alpha value is -1.55. The lowest BCUT2D eigenvalue weighted by molar-refractivity contribution is 1.46. The Labute approximate surface area is 107 Å². The Bertz CT molecular complexity index is 499. The third-order valence-electron chi connectivity index (χ3n) is 1.76. The van der Waals surface area contributed by atoms with Crippen LogP contribution in [0.25, 0.3) is 5.03 Å². The van der Waals surface area contributed by atoms with Crippen LogP contribution in [0.15, 0.2) is 46.5 Å². The minimum atomic E-state index is 0.0234. The van der Waals surface area contributed by atoms with Gasteiger partial charge in [-0.3, -0.25) is 0 Å². The molecule has 16 heavy (non-hydrogen) atoms. The van der Waals surface area contributed by atoms with E-state index in [0.717, 1.165) is 10.0 Å². The minimum Gasteiger partial charge on any atom is -0.192 e. The van der Waals surface area contributed by atoms with Crippen LogP contribution in [0.1, 0.15) is 5.56 Å². The van der Waals surface area contributed by atoms with Crippen LogP contribution in [0.2, 0.25) is 0 Å². The van der Waals surface area contributed by atoms with Crippen LogP contribution < -0.4 is 0 Å². The number of hydrogen-bond acceptors (Lipinski definition) is 2. The summed E-state index contributed by atoms with van der Waals surface area (Å²) < 4.78 is 0.964. The van der Waals surface area contributed by atoms with Crippen molar-refractivity contribution in [2.24, 2.45) is 0 Å². The van der Waals surface area contributed by atoms with Crippen molar-refractivity contribution >= 4 is 32.6 Å². The second-order valence-corrected chi connectivity index (χ2v) is 4.15. The van der Waals surface area contributed by atoms with E-state index >= 15 is 0 Å². The normalized spacial score (nSPS) is 10.1. The number of nitrogens with zero attached hydrogens (tertiary/aromatic N) is 2. The second-order valence-electron chi connectivity index (χ2n) is 2.83. The first-order valence-electron chi connectivity index (χ1n) is 4.31. The van der Waals surface area contributed by atoms with Gasteiger partial charge in [-0.25, -0.2) is 0 Å². The summed E-state index contributed by atoms with van der Waals surface area (Å²) in [5.74, 6) is 0. The summed E-state index contributed by atoms with van der Waals surface area (Å²) in [6, 6.07) is 10.9. The maximum atomic E-state index is 8.53. The van der Waals surface area contributed by atoms with Gasteiger partial charge in [0.05, 0.1) is 0 Å². The lowest BCUT2D eigenvalue weighted by atomic mass is 10.2. The van der Waals surface area contributed by atoms with Crippen molar-refractivity contribution in [1.29, 1.82) is 10.5 Å². The maximum absolute atomic E-state index is 8.53. The van der Waals surface area contributed by atoms with Crippen LogP contribution in [0.4, 0.5) is 0 Å². The molecule has 0 aliphatic heterocycles. The summed E-state index contributed by atoms with van der Waals surface area (Å²) in [6.07, 6.45) is 2.93. The molecule has 0 aliphatic rings. The average Bonchev–Trinajstić information content (AvgIpc) is 2.31. The number of benzene rings is 1. The van der Waals surface area contributed by atoms with Gasteiger partial charge in [0.15, 0.2) is 0 Å². The molecule has 0 fully saturated rings. The van der Waals surface area contributed by atoms with E-state index in [-0.39, 0.29) is 5.57 Å². The molecular weight excluding hydrogens is 288 g/mol. The second kappa shape index (κ2) is 6.12. The molecule has 0 heterocycles. The average molecular weight is 294 g/mol. The van der Waals surface area contributed by atoms with Gasteiger partial charge in [0.1, 0.15) is 17.7 Å². The number of nitriles is 2. The fourth-order valence-corrected chi connectivity index (χ4v) is 1.41. The van der Waals surface area contributed by atoms with Crippen LogP contribution in [0.5, 0.6) is 0 Å². The van der Waals surface area contributed by atoms with Crippen molar-refractivity contribution < 1.29 is 0 Å². The molecule has 0 spiro atoms. The molecule has 0 aromatic heterocycles. The number of rotatable bonds is 2. The Morgan fingerprint density at radius 1 is 1.12 bits per heavy atom. The molecule has 0 atom stereocenters. The minimum absolute atomic E-state index is 0.0234. The van der Waals surface area contributed by atoms with E-state index in [1.54, 1.807) is 12.1 Å². The number of allylic oxidation sites excluding steroid dienone is 3. The SMILES string of the molecule is N#CC(C#N)=C/C=C(/Cl)c1ccc(Br)cc1. The molecule has 0 saturated heterocycles. The molecule has 0 N–H and O–H groups in total. The highest BCUT2D eigenvalue weighted by Crippen LogP contribution is 2.21. The number of halogens is 2. The fraction of sp³-hybridized carbons (Fsp3) is 0. The lowest BCUT2D eigenvalue weighted by Crippen LogP contribution is -1.76. The van der Waals surface area contributed by atoms with Gasteiger partial charge in [0.25, 0.3) is 0 Å². The third-order valence-corrected chi connectivity index (χ3v) is 2.63.